The fourth-order valence-electron chi connectivity index (χ4n) is 1.13. The van der Waals surface area contributed by atoms with Crippen LogP contribution in [0.25, 0.3) is 0 Å². The van der Waals surface area contributed by atoms with Gasteiger partial charge in [0.1, 0.15) is 6.10 Å². The Morgan fingerprint density at radius 3 is 3.31 bits per heavy atom. The van der Waals surface area contributed by atoms with Crippen molar-refractivity contribution in [1.82, 2.24) is 4.98 Å². The quantitative estimate of drug-likeness (QED) is 0.669. The van der Waals surface area contributed by atoms with Gasteiger partial charge >= 0.3 is 5.97 Å². The summed E-state index contributed by atoms with van der Waals surface area (Å²) in [6.45, 7) is 1.19. The lowest BCUT2D eigenvalue weighted by molar-refractivity contribution is 0.0270. The molecule has 0 amide bonds. The number of aromatic nitrogens is 1. The van der Waals surface area contributed by atoms with Crippen molar-refractivity contribution in [2.45, 2.75) is 12.5 Å². The van der Waals surface area contributed by atoms with Gasteiger partial charge in [-0.05, 0) is 0 Å². The Morgan fingerprint density at radius 1 is 1.77 bits per heavy atom. The SMILES string of the molecule is O=C(O[C@H]1CCOC1)c1nccs1. The van der Waals surface area contributed by atoms with Gasteiger partial charge in [-0.25, -0.2) is 9.78 Å². The molecule has 4 nitrogen and oxygen atoms in total. The van der Waals surface area contributed by atoms with Crippen molar-refractivity contribution in [1.29, 1.82) is 0 Å². The van der Waals surface area contributed by atoms with Gasteiger partial charge in [0.25, 0.3) is 0 Å². The summed E-state index contributed by atoms with van der Waals surface area (Å²) < 4.78 is 10.2. The number of thiazole rings is 1. The van der Waals surface area contributed by atoms with E-state index < -0.39 is 0 Å². The van der Waals surface area contributed by atoms with Crippen LogP contribution < -0.4 is 0 Å². The minimum Gasteiger partial charge on any atom is -0.454 e. The van der Waals surface area contributed by atoms with Crippen molar-refractivity contribution in [2.24, 2.45) is 0 Å². The van der Waals surface area contributed by atoms with Crippen LogP contribution in [-0.4, -0.2) is 30.3 Å². The molecule has 13 heavy (non-hydrogen) atoms. The average molecular weight is 199 g/mol. The van der Waals surface area contributed by atoms with Gasteiger partial charge in [0.15, 0.2) is 0 Å². The van der Waals surface area contributed by atoms with Gasteiger partial charge in [0.2, 0.25) is 5.01 Å². The highest BCUT2D eigenvalue weighted by Crippen LogP contribution is 2.12. The number of ether oxygens (including phenoxy) is 2. The van der Waals surface area contributed by atoms with Crippen LogP contribution in [0.1, 0.15) is 16.2 Å². The summed E-state index contributed by atoms with van der Waals surface area (Å²) >= 11 is 1.29. The maximum absolute atomic E-state index is 11.3. The smallest absolute Gasteiger partial charge is 0.367 e. The average Bonchev–Trinajstić information content (AvgIpc) is 2.74. The lowest BCUT2D eigenvalue weighted by atomic mass is 10.3. The van der Waals surface area contributed by atoms with E-state index in [0.717, 1.165) is 6.42 Å². The first kappa shape index (κ1) is 8.65. The summed E-state index contributed by atoms with van der Waals surface area (Å²) in [5.74, 6) is -0.342. The van der Waals surface area contributed by atoms with Crippen LogP contribution in [0.2, 0.25) is 0 Å². The molecule has 2 rings (SSSR count). The highest BCUT2D eigenvalue weighted by atomic mass is 32.1. The van der Waals surface area contributed by atoms with Crippen molar-refractivity contribution < 1.29 is 14.3 Å². The van der Waals surface area contributed by atoms with Gasteiger partial charge in [-0.3, -0.25) is 0 Å². The molecule has 1 saturated heterocycles. The first-order valence-corrected chi connectivity index (χ1v) is 4.92. The van der Waals surface area contributed by atoms with E-state index in [0.29, 0.717) is 18.2 Å². The Labute approximate surface area is 79.5 Å². The Kier molecular flexibility index (Phi) is 2.56. The molecule has 1 aromatic heterocycles. The van der Waals surface area contributed by atoms with Crippen molar-refractivity contribution in [2.75, 3.05) is 13.2 Å². The minimum atomic E-state index is -0.342. The number of esters is 1. The lowest BCUT2D eigenvalue weighted by Gasteiger charge is -2.07. The van der Waals surface area contributed by atoms with Crippen LogP contribution in [-0.2, 0) is 9.47 Å². The van der Waals surface area contributed by atoms with Gasteiger partial charge in [-0.15, -0.1) is 11.3 Å². The van der Waals surface area contributed by atoms with Gasteiger partial charge in [-0.1, -0.05) is 0 Å². The summed E-state index contributed by atoms with van der Waals surface area (Å²) in [6.07, 6.45) is 2.29. The van der Waals surface area contributed by atoms with Gasteiger partial charge in [0, 0.05) is 18.0 Å². The zero-order valence-corrected chi connectivity index (χ0v) is 7.75. The monoisotopic (exact) mass is 199 g/mol. The summed E-state index contributed by atoms with van der Waals surface area (Å²) in [7, 11) is 0. The molecule has 0 bridgehead atoms. The molecule has 2 heterocycles. The van der Waals surface area contributed by atoms with E-state index in [4.69, 9.17) is 9.47 Å². The molecule has 1 atom stereocenters. The predicted molar refractivity (Wildman–Crippen MR) is 46.8 cm³/mol. The number of carbonyl (C=O) groups is 1. The van der Waals surface area contributed by atoms with E-state index in [1.54, 1.807) is 11.6 Å². The Balaban J connectivity index is 1.91. The topological polar surface area (TPSA) is 48.4 Å². The molecule has 1 aliphatic heterocycles. The van der Waals surface area contributed by atoms with Crippen molar-refractivity contribution in [3.05, 3.63) is 16.6 Å². The van der Waals surface area contributed by atoms with Crippen molar-refractivity contribution >= 4 is 17.3 Å². The van der Waals surface area contributed by atoms with Crippen molar-refractivity contribution in [3.8, 4) is 0 Å². The molecule has 0 unspecified atom stereocenters. The zero-order chi connectivity index (χ0) is 9.10. The Morgan fingerprint density at radius 2 is 2.69 bits per heavy atom. The summed E-state index contributed by atoms with van der Waals surface area (Å²) in [6, 6.07) is 0. The third-order valence-electron chi connectivity index (χ3n) is 1.77. The van der Waals surface area contributed by atoms with Crippen molar-refractivity contribution in [3.63, 3.8) is 0 Å². The highest BCUT2D eigenvalue weighted by molar-refractivity contribution is 7.11. The normalized spacial score (nSPS) is 21.7. The molecule has 1 aromatic rings. The second kappa shape index (κ2) is 3.85. The third kappa shape index (κ3) is 2.05. The maximum Gasteiger partial charge on any atom is 0.367 e. The first-order valence-electron chi connectivity index (χ1n) is 4.04. The highest BCUT2D eigenvalue weighted by Gasteiger charge is 2.21. The zero-order valence-electron chi connectivity index (χ0n) is 6.93. The van der Waals surface area contributed by atoms with E-state index in [1.165, 1.54) is 11.3 Å². The standard InChI is InChI=1S/C8H9NO3S/c10-8(7-9-2-4-13-7)12-6-1-3-11-5-6/h2,4,6H,1,3,5H2/t6-/m0/s1. The molecule has 5 heteroatoms. The Bertz CT molecular complexity index is 280. The fourth-order valence-corrected chi connectivity index (χ4v) is 1.65. The molecule has 0 aromatic carbocycles. The maximum atomic E-state index is 11.3. The van der Waals surface area contributed by atoms with Crippen LogP contribution in [0.4, 0.5) is 0 Å². The summed E-state index contributed by atoms with van der Waals surface area (Å²) in [4.78, 5) is 15.2. The molecule has 0 N–H and O–H groups in total. The van der Waals surface area contributed by atoms with Crippen LogP contribution in [0, 0.1) is 0 Å². The van der Waals surface area contributed by atoms with Crippen LogP contribution in [0.5, 0.6) is 0 Å². The number of carbonyl (C=O) groups excluding carboxylic acids is 1. The molecule has 0 spiro atoms. The summed E-state index contributed by atoms with van der Waals surface area (Å²) in [5, 5.41) is 2.16. The number of hydrogen-bond donors (Lipinski definition) is 0. The fraction of sp³-hybridized carbons (Fsp3) is 0.500. The second-order valence-electron chi connectivity index (χ2n) is 2.73. The number of rotatable bonds is 2. The minimum absolute atomic E-state index is 0.0867. The van der Waals surface area contributed by atoms with Gasteiger partial charge < -0.3 is 9.47 Å². The molecule has 0 aliphatic carbocycles. The number of hydrogen-bond acceptors (Lipinski definition) is 5. The third-order valence-corrected chi connectivity index (χ3v) is 2.52. The van der Waals surface area contributed by atoms with Gasteiger partial charge in [0.05, 0.1) is 13.2 Å². The summed E-state index contributed by atoms with van der Waals surface area (Å²) in [5.41, 5.74) is 0. The lowest BCUT2D eigenvalue weighted by Crippen LogP contribution is -2.17. The predicted octanol–water partition coefficient (Wildman–Crippen LogP) is 1.09. The van der Waals surface area contributed by atoms with E-state index >= 15 is 0 Å². The number of nitrogens with zero attached hydrogens (tertiary/aromatic N) is 1. The van der Waals surface area contributed by atoms with Crippen LogP contribution >= 0.6 is 11.3 Å². The molecule has 0 radical (unpaired) electrons. The van der Waals surface area contributed by atoms with Crippen LogP contribution in [0.15, 0.2) is 11.6 Å². The molecule has 0 saturated carbocycles. The molecule has 70 valence electrons. The molecular weight excluding hydrogens is 190 g/mol. The van der Waals surface area contributed by atoms with Crippen LogP contribution in [0.3, 0.4) is 0 Å². The second-order valence-corrected chi connectivity index (χ2v) is 3.62. The molecule has 1 fully saturated rings. The molecule has 1 aliphatic rings. The first-order chi connectivity index (χ1) is 6.36. The largest absolute Gasteiger partial charge is 0.454 e. The van der Waals surface area contributed by atoms with Gasteiger partial charge in [-0.2, -0.15) is 0 Å². The Hall–Kier alpha value is -0.940. The van der Waals surface area contributed by atoms with E-state index in [9.17, 15) is 4.79 Å². The molecular formula is C8H9NO3S. The van der Waals surface area contributed by atoms with E-state index in [2.05, 4.69) is 4.98 Å². The van der Waals surface area contributed by atoms with E-state index in [1.807, 2.05) is 0 Å². The van der Waals surface area contributed by atoms with E-state index in [-0.39, 0.29) is 12.1 Å².